The number of nitrogens with zero attached hydrogens (tertiary/aromatic N) is 5. The molecule has 3 aromatic rings. The number of hydrogen-bond acceptors (Lipinski definition) is 7. The fourth-order valence-corrected chi connectivity index (χ4v) is 3.26. The Morgan fingerprint density at radius 1 is 1.17 bits per heavy atom. The highest BCUT2D eigenvalue weighted by Crippen LogP contribution is 2.20. The predicted octanol–water partition coefficient (Wildman–Crippen LogP) is 3.08. The molecule has 0 aliphatic rings. The fraction of sp³-hybridized carbons (Fsp3) is 0.400. The van der Waals surface area contributed by atoms with E-state index < -0.39 is 0 Å². The highest BCUT2D eigenvalue weighted by Gasteiger charge is 2.12. The number of hydrogen-bond donors (Lipinski definition) is 2. The summed E-state index contributed by atoms with van der Waals surface area (Å²) in [5.74, 6) is 1.53. The Morgan fingerprint density at radius 2 is 1.94 bits per heavy atom. The normalized spacial score (nSPS) is 10.8. The second kappa shape index (κ2) is 12.5. The molecule has 186 valence electrons. The van der Waals surface area contributed by atoms with Gasteiger partial charge in [-0.2, -0.15) is 5.10 Å². The van der Waals surface area contributed by atoms with Gasteiger partial charge in [-0.05, 0) is 25.0 Å². The first-order valence-corrected chi connectivity index (χ1v) is 11.6. The summed E-state index contributed by atoms with van der Waals surface area (Å²) in [6.45, 7) is 7.51. The molecule has 0 atom stereocenters. The monoisotopic (exact) mass is 479 g/mol. The van der Waals surface area contributed by atoms with E-state index in [9.17, 15) is 9.59 Å². The van der Waals surface area contributed by atoms with Crippen molar-refractivity contribution in [2.75, 3.05) is 37.4 Å². The lowest BCUT2D eigenvalue weighted by Gasteiger charge is -2.17. The Morgan fingerprint density at radius 3 is 2.69 bits per heavy atom. The molecule has 0 radical (unpaired) electrons. The quantitative estimate of drug-likeness (QED) is 0.410. The van der Waals surface area contributed by atoms with Crippen LogP contribution in [0.3, 0.4) is 0 Å². The Hall–Kier alpha value is -3.95. The molecule has 0 fully saturated rings. The van der Waals surface area contributed by atoms with Crippen LogP contribution in [0.4, 0.5) is 11.5 Å². The zero-order chi connectivity index (χ0) is 25.2. The van der Waals surface area contributed by atoms with E-state index in [1.54, 1.807) is 24.3 Å². The third-order valence-electron chi connectivity index (χ3n) is 5.36. The molecule has 1 aromatic carbocycles. The van der Waals surface area contributed by atoms with Crippen LogP contribution < -0.4 is 15.4 Å². The average molecular weight is 480 g/mol. The second-order valence-corrected chi connectivity index (χ2v) is 8.61. The highest BCUT2D eigenvalue weighted by molar-refractivity contribution is 5.90. The van der Waals surface area contributed by atoms with Crippen molar-refractivity contribution in [2.24, 2.45) is 0 Å². The molecule has 3 rings (SSSR count). The standard InChI is InChI=1S/C25H33N7O3/c1-18(2)22-14-26-17-28-25(22)27-10-9-23(33)30-20-13-29-32(15-20)16-24(34)31(4)11-12-35-21-7-5-19(3)6-8-21/h5-8,13-15,17-18H,9-12,16H2,1-4H3,(H,30,33)(H,26,27,28). The third-order valence-corrected chi connectivity index (χ3v) is 5.36. The first-order chi connectivity index (χ1) is 16.8. The molecule has 0 saturated carbocycles. The number of nitrogens with one attached hydrogen (secondary N) is 2. The van der Waals surface area contributed by atoms with E-state index >= 15 is 0 Å². The van der Waals surface area contributed by atoms with Crippen LogP contribution in [-0.4, -0.2) is 63.2 Å². The molecule has 35 heavy (non-hydrogen) atoms. The van der Waals surface area contributed by atoms with Gasteiger partial charge in [0.15, 0.2) is 0 Å². The number of carbonyl (C=O) groups is 2. The van der Waals surface area contributed by atoms with Crippen LogP contribution in [0.15, 0.2) is 49.2 Å². The van der Waals surface area contributed by atoms with Crippen LogP contribution in [-0.2, 0) is 16.1 Å². The fourth-order valence-electron chi connectivity index (χ4n) is 3.26. The molecular formula is C25H33N7O3. The number of ether oxygens (including phenoxy) is 1. The summed E-state index contributed by atoms with van der Waals surface area (Å²) in [4.78, 5) is 34.7. The number of rotatable bonds is 12. The second-order valence-electron chi connectivity index (χ2n) is 8.61. The van der Waals surface area contributed by atoms with Crippen LogP contribution in [0.2, 0.25) is 0 Å². The number of benzene rings is 1. The summed E-state index contributed by atoms with van der Waals surface area (Å²) < 4.78 is 7.19. The van der Waals surface area contributed by atoms with E-state index in [0.29, 0.717) is 25.4 Å². The van der Waals surface area contributed by atoms with Crippen LogP contribution >= 0.6 is 0 Å². The van der Waals surface area contributed by atoms with Gasteiger partial charge in [-0.1, -0.05) is 31.5 Å². The molecular weight excluding hydrogens is 446 g/mol. The van der Waals surface area contributed by atoms with Crippen molar-refractivity contribution in [3.8, 4) is 5.75 Å². The first-order valence-electron chi connectivity index (χ1n) is 11.6. The van der Waals surface area contributed by atoms with Gasteiger partial charge in [0.1, 0.15) is 31.0 Å². The third kappa shape index (κ3) is 8.09. The largest absolute Gasteiger partial charge is 0.492 e. The molecule has 2 aromatic heterocycles. The molecule has 10 heteroatoms. The van der Waals surface area contributed by atoms with Crippen LogP contribution in [0.5, 0.6) is 5.75 Å². The van der Waals surface area contributed by atoms with Gasteiger partial charge in [0.05, 0.1) is 18.4 Å². The topological polar surface area (TPSA) is 114 Å². The van der Waals surface area contributed by atoms with Crippen molar-refractivity contribution in [3.63, 3.8) is 0 Å². The molecule has 10 nitrogen and oxygen atoms in total. The predicted molar refractivity (Wildman–Crippen MR) is 134 cm³/mol. The first kappa shape index (κ1) is 25.7. The van der Waals surface area contributed by atoms with Gasteiger partial charge < -0.3 is 20.3 Å². The highest BCUT2D eigenvalue weighted by atomic mass is 16.5. The smallest absolute Gasteiger partial charge is 0.244 e. The van der Waals surface area contributed by atoms with Gasteiger partial charge in [0.25, 0.3) is 0 Å². The Balaban J connectivity index is 1.38. The molecule has 0 unspecified atom stereocenters. The lowest BCUT2D eigenvalue weighted by molar-refractivity contribution is -0.131. The lowest BCUT2D eigenvalue weighted by Crippen LogP contribution is -2.33. The molecule has 0 spiro atoms. The van der Waals surface area contributed by atoms with Gasteiger partial charge in [-0.3, -0.25) is 14.3 Å². The molecule has 0 saturated heterocycles. The van der Waals surface area contributed by atoms with E-state index in [1.807, 2.05) is 31.2 Å². The zero-order valence-electron chi connectivity index (χ0n) is 20.7. The zero-order valence-corrected chi connectivity index (χ0v) is 20.7. The minimum Gasteiger partial charge on any atom is -0.492 e. The number of aromatic nitrogens is 4. The van der Waals surface area contributed by atoms with Crippen molar-refractivity contribution >= 4 is 23.3 Å². The van der Waals surface area contributed by atoms with E-state index in [4.69, 9.17) is 4.74 Å². The maximum absolute atomic E-state index is 12.5. The molecule has 2 amide bonds. The number of carbonyl (C=O) groups excluding carboxylic acids is 2. The molecule has 0 aliphatic heterocycles. The number of amides is 2. The summed E-state index contributed by atoms with van der Waals surface area (Å²) in [6.07, 6.45) is 6.69. The summed E-state index contributed by atoms with van der Waals surface area (Å²) >= 11 is 0. The van der Waals surface area contributed by atoms with Crippen molar-refractivity contribution in [3.05, 3.63) is 60.3 Å². The van der Waals surface area contributed by atoms with Gasteiger partial charge in [-0.15, -0.1) is 0 Å². The van der Waals surface area contributed by atoms with Gasteiger partial charge in [-0.25, -0.2) is 9.97 Å². The van der Waals surface area contributed by atoms with Gasteiger partial charge in [0.2, 0.25) is 11.8 Å². The maximum atomic E-state index is 12.5. The van der Waals surface area contributed by atoms with E-state index in [0.717, 1.165) is 17.1 Å². The van der Waals surface area contributed by atoms with Crippen LogP contribution in [0.25, 0.3) is 0 Å². The average Bonchev–Trinajstić information content (AvgIpc) is 3.26. The van der Waals surface area contributed by atoms with Crippen LogP contribution in [0.1, 0.15) is 37.3 Å². The number of aryl methyl sites for hydroxylation is 1. The summed E-state index contributed by atoms with van der Waals surface area (Å²) in [5, 5.41) is 10.2. The van der Waals surface area contributed by atoms with Crippen molar-refractivity contribution in [1.29, 1.82) is 0 Å². The van der Waals surface area contributed by atoms with Gasteiger partial charge in [0, 0.05) is 38.0 Å². The Bertz CT molecular complexity index is 1110. The summed E-state index contributed by atoms with van der Waals surface area (Å²) in [7, 11) is 1.72. The molecule has 2 heterocycles. The molecule has 0 bridgehead atoms. The van der Waals surface area contributed by atoms with E-state index in [1.165, 1.54) is 22.8 Å². The van der Waals surface area contributed by atoms with Crippen molar-refractivity contribution < 1.29 is 14.3 Å². The van der Waals surface area contributed by atoms with Crippen molar-refractivity contribution in [2.45, 2.75) is 39.7 Å². The van der Waals surface area contributed by atoms with Crippen molar-refractivity contribution in [1.82, 2.24) is 24.6 Å². The summed E-state index contributed by atoms with van der Waals surface area (Å²) in [5.41, 5.74) is 2.71. The number of likely N-dealkylation sites (N-methyl/N-ethyl adjacent to an activating group) is 1. The van der Waals surface area contributed by atoms with Gasteiger partial charge >= 0.3 is 0 Å². The molecule has 0 aliphatic carbocycles. The Kier molecular flexibility index (Phi) is 9.16. The maximum Gasteiger partial charge on any atom is 0.244 e. The Labute approximate surface area is 205 Å². The summed E-state index contributed by atoms with van der Waals surface area (Å²) in [6, 6.07) is 7.78. The SMILES string of the molecule is Cc1ccc(OCCN(C)C(=O)Cn2cc(NC(=O)CCNc3ncncc3C(C)C)cn2)cc1. The minimum atomic E-state index is -0.158. The van der Waals surface area contributed by atoms with E-state index in [-0.39, 0.29) is 30.7 Å². The molecule has 2 N–H and O–H groups in total. The number of anilines is 2. The lowest BCUT2D eigenvalue weighted by atomic mass is 10.1. The minimum absolute atomic E-state index is 0.0736. The van der Waals surface area contributed by atoms with Crippen LogP contribution in [0, 0.1) is 6.92 Å². The van der Waals surface area contributed by atoms with E-state index in [2.05, 4.69) is 39.5 Å².